The van der Waals surface area contributed by atoms with E-state index in [1.807, 2.05) is 54.6 Å². The van der Waals surface area contributed by atoms with Crippen LogP contribution in [0.15, 0.2) is 59.4 Å². The molecule has 3 aromatic rings. The second-order valence-corrected chi connectivity index (χ2v) is 6.16. The van der Waals surface area contributed by atoms with E-state index < -0.39 is 23.0 Å². The standard InChI is InChI=1S/C20H19N3O4/c1-22(20-21-16(19(26)27)17(24)18(25)23(20)2)12-14-10-6-7-11-15(14)13-8-4-3-5-9-13/h3-11,24H,12H2,1-2H3,(H,26,27). The largest absolute Gasteiger partial charge is 0.501 e. The van der Waals surface area contributed by atoms with E-state index in [2.05, 4.69) is 4.98 Å². The highest BCUT2D eigenvalue weighted by molar-refractivity contribution is 5.88. The average molecular weight is 365 g/mol. The van der Waals surface area contributed by atoms with E-state index in [4.69, 9.17) is 0 Å². The first-order valence-corrected chi connectivity index (χ1v) is 8.28. The molecule has 2 N–H and O–H groups in total. The summed E-state index contributed by atoms with van der Waals surface area (Å²) in [5, 5.41) is 18.9. The first-order valence-electron chi connectivity index (χ1n) is 8.28. The number of aromatic hydroxyl groups is 1. The number of aromatic carboxylic acids is 1. The molecule has 0 fully saturated rings. The summed E-state index contributed by atoms with van der Waals surface area (Å²) < 4.78 is 1.13. The van der Waals surface area contributed by atoms with Crippen molar-refractivity contribution in [3.05, 3.63) is 76.2 Å². The van der Waals surface area contributed by atoms with Gasteiger partial charge in [0.05, 0.1) is 0 Å². The van der Waals surface area contributed by atoms with E-state index in [1.165, 1.54) is 7.05 Å². The smallest absolute Gasteiger partial charge is 0.358 e. The number of rotatable bonds is 5. The molecule has 0 atom stereocenters. The zero-order chi connectivity index (χ0) is 19.6. The van der Waals surface area contributed by atoms with Crippen LogP contribution in [0.5, 0.6) is 5.75 Å². The van der Waals surface area contributed by atoms with Crippen molar-refractivity contribution in [2.75, 3.05) is 11.9 Å². The Hall–Kier alpha value is -3.61. The highest BCUT2D eigenvalue weighted by Crippen LogP contribution is 2.25. The molecule has 1 heterocycles. The van der Waals surface area contributed by atoms with Crippen LogP contribution in [0.4, 0.5) is 5.95 Å². The molecular weight excluding hydrogens is 346 g/mol. The van der Waals surface area contributed by atoms with Crippen molar-refractivity contribution in [3.63, 3.8) is 0 Å². The summed E-state index contributed by atoms with van der Waals surface area (Å²) >= 11 is 0. The predicted octanol–water partition coefficient (Wildman–Crippen LogP) is 2.49. The van der Waals surface area contributed by atoms with Crippen LogP contribution in [0.1, 0.15) is 16.1 Å². The molecule has 138 valence electrons. The lowest BCUT2D eigenvalue weighted by Crippen LogP contribution is -2.30. The molecule has 0 saturated carbocycles. The number of nitrogens with zero attached hydrogens (tertiary/aromatic N) is 3. The highest BCUT2D eigenvalue weighted by Gasteiger charge is 2.21. The minimum Gasteiger partial charge on any atom is -0.501 e. The maximum Gasteiger partial charge on any atom is 0.358 e. The van der Waals surface area contributed by atoms with Gasteiger partial charge in [-0.15, -0.1) is 0 Å². The van der Waals surface area contributed by atoms with E-state index in [0.29, 0.717) is 6.54 Å². The topological polar surface area (TPSA) is 95.7 Å². The Bertz CT molecular complexity index is 1040. The molecule has 27 heavy (non-hydrogen) atoms. The quantitative estimate of drug-likeness (QED) is 0.721. The molecule has 0 unspecified atom stereocenters. The molecule has 7 nitrogen and oxygen atoms in total. The third-order valence-electron chi connectivity index (χ3n) is 4.30. The van der Waals surface area contributed by atoms with Gasteiger partial charge in [-0.05, 0) is 16.7 Å². The normalized spacial score (nSPS) is 10.6. The Morgan fingerprint density at radius 2 is 1.74 bits per heavy atom. The van der Waals surface area contributed by atoms with Gasteiger partial charge in [-0.3, -0.25) is 9.36 Å². The number of carbonyl (C=O) groups is 1. The van der Waals surface area contributed by atoms with Crippen molar-refractivity contribution < 1.29 is 15.0 Å². The van der Waals surface area contributed by atoms with Crippen LogP contribution in [0, 0.1) is 0 Å². The highest BCUT2D eigenvalue weighted by atomic mass is 16.4. The van der Waals surface area contributed by atoms with Gasteiger partial charge in [0.2, 0.25) is 11.7 Å². The fourth-order valence-corrected chi connectivity index (χ4v) is 2.95. The van der Waals surface area contributed by atoms with Crippen LogP contribution in [0.2, 0.25) is 0 Å². The number of hydrogen-bond acceptors (Lipinski definition) is 5. The molecule has 7 heteroatoms. The van der Waals surface area contributed by atoms with Crippen LogP contribution >= 0.6 is 0 Å². The number of carboxylic acids is 1. The first-order chi connectivity index (χ1) is 12.9. The molecule has 2 aromatic carbocycles. The fraction of sp³-hybridized carbons (Fsp3) is 0.150. The minimum absolute atomic E-state index is 0.151. The molecule has 0 aliphatic carbocycles. The third kappa shape index (κ3) is 3.52. The zero-order valence-electron chi connectivity index (χ0n) is 15.0. The summed E-state index contributed by atoms with van der Waals surface area (Å²) in [6, 6.07) is 17.7. The van der Waals surface area contributed by atoms with Gasteiger partial charge in [-0.25, -0.2) is 9.78 Å². The number of benzene rings is 2. The summed E-state index contributed by atoms with van der Waals surface area (Å²) in [4.78, 5) is 29.1. The van der Waals surface area contributed by atoms with Gasteiger partial charge < -0.3 is 15.1 Å². The van der Waals surface area contributed by atoms with Crippen molar-refractivity contribution in [3.8, 4) is 16.9 Å². The Morgan fingerprint density at radius 1 is 1.11 bits per heavy atom. The van der Waals surface area contributed by atoms with Crippen molar-refractivity contribution in [1.29, 1.82) is 0 Å². The van der Waals surface area contributed by atoms with Gasteiger partial charge in [0, 0.05) is 20.6 Å². The molecule has 0 amide bonds. The van der Waals surface area contributed by atoms with Crippen molar-refractivity contribution in [2.24, 2.45) is 7.05 Å². The number of hydrogen-bond donors (Lipinski definition) is 2. The molecule has 0 bridgehead atoms. The molecule has 1 aromatic heterocycles. The molecule has 0 radical (unpaired) electrons. The number of anilines is 1. The Balaban J connectivity index is 2.02. The summed E-state index contributed by atoms with van der Waals surface area (Å²) in [5.74, 6) is -2.17. The lowest BCUT2D eigenvalue weighted by atomic mass is 9.99. The lowest BCUT2D eigenvalue weighted by molar-refractivity contribution is 0.0686. The van der Waals surface area contributed by atoms with Gasteiger partial charge in [0.25, 0.3) is 5.56 Å². The van der Waals surface area contributed by atoms with Crippen molar-refractivity contribution in [1.82, 2.24) is 9.55 Å². The minimum atomic E-state index is -1.45. The van der Waals surface area contributed by atoms with Crippen LogP contribution < -0.4 is 10.5 Å². The van der Waals surface area contributed by atoms with Crippen LogP contribution in [0.3, 0.4) is 0 Å². The third-order valence-corrected chi connectivity index (χ3v) is 4.30. The second kappa shape index (κ2) is 7.33. The number of carboxylic acid groups (broad SMARTS) is 1. The van der Waals surface area contributed by atoms with Gasteiger partial charge in [-0.2, -0.15) is 0 Å². The second-order valence-electron chi connectivity index (χ2n) is 6.16. The molecule has 3 rings (SSSR count). The van der Waals surface area contributed by atoms with E-state index >= 15 is 0 Å². The summed E-state index contributed by atoms with van der Waals surface area (Å²) in [6.45, 7) is 0.398. The van der Waals surface area contributed by atoms with E-state index in [1.54, 1.807) is 11.9 Å². The molecule has 0 spiro atoms. The maximum atomic E-state index is 12.1. The predicted molar refractivity (Wildman–Crippen MR) is 102 cm³/mol. The van der Waals surface area contributed by atoms with Crippen LogP contribution in [-0.4, -0.2) is 32.8 Å². The Morgan fingerprint density at radius 3 is 2.41 bits per heavy atom. The molecule has 0 aliphatic heterocycles. The monoisotopic (exact) mass is 365 g/mol. The summed E-state index contributed by atoms with van der Waals surface area (Å²) in [7, 11) is 3.15. The van der Waals surface area contributed by atoms with Gasteiger partial charge in [0.15, 0.2) is 5.69 Å². The molecule has 0 saturated heterocycles. The summed E-state index contributed by atoms with van der Waals surface area (Å²) in [5.41, 5.74) is 1.62. The van der Waals surface area contributed by atoms with Crippen LogP contribution in [0.25, 0.3) is 11.1 Å². The SMILES string of the molecule is CN(Cc1ccccc1-c1ccccc1)c1nc(C(=O)O)c(O)c(=O)n1C. The average Bonchev–Trinajstić information content (AvgIpc) is 2.67. The van der Waals surface area contributed by atoms with Crippen molar-refractivity contribution >= 4 is 11.9 Å². The van der Waals surface area contributed by atoms with Gasteiger partial charge in [0.1, 0.15) is 0 Å². The molecular formula is C20H19N3O4. The van der Waals surface area contributed by atoms with E-state index in [0.717, 1.165) is 21.3 Å². The van der Waals surface area contributed by atoms with Gasteiger partial charge in [-0.1, -0.05) is 54.6 Å². The first kappa shape index (κ1) is 18.2. The summed E-state index contributed by atoms with van der Waals surface area (Å²) in [6.07, 6.45) is 0. The Labute approximate surface area is 155 Å². The number of aromatic nitrogens is 2. The van der Waals surface area contributed by atoms with Crippen molar-refractivity contribution in [2.45, 2.75) is 6.54 Å². The molecule has 0 aliphatic rings. The zero-order valence-corrected chi connectivity index (χ0v) is 15.0. The van der Waals surface area contributed by atoms with E-state index in [9.17, 15) is 19.8 Å². The van der Waals surface area contributed by atoms with Gasteiger partial charge >= 0.3 is 5.97 Å². The van der Waals surface area contributed by atoms with E-state index in [-0.39, 0.29) is 5.95 Å². The Kier molecular flexibility index (Phi) is 4.94. The van der Waals surface area contributed by atoms with Crippen LogP contribution in [-0.2, 0) is 13.6 Å². The maximum absolute atomic E-state index is 12.1. The lowest BCUT2D eigenvalue weighted by Gasteiger charge is -2.22. The fourth-order valence-electron chi connectivity index (χ4n) is 2.95.